The van der Waals surface area contributed by atoms with Gasteiger partial charge in [-0.05, 0) is 63.5 Å². The first-order valence-corrected chi connectivity index (χ1v) is 7.17. The van der Waals surface area contributed by atoms with E-state index in [-0.39, 0.29) is 7.33 Å². The molecule has 0 aromatic heterocycles. The number of carbonyl (C=O) groups excluding carboxylic acids is 1. The normalized spacial score (nSPS) is 20.8. The molecule has 1 aromatic rings. The van der Waals surface area contributed by atoms with E-state index in [0.717, 1.165) is 37.2 Å². The van der Waals surface area contributed by atoms with Crippen molar-refractivity contribution in [1.82, 2.24) is 4.90 Å². The summed E-state index contributed by atoms with van der Waals surface area (Å²) < 4.78 is 0. The average Bonchev–Trinajstić information content (AvgIpc) is 2.72. The fourth-order valence-corrected chi connectivity index (χ4v) is 3.40. The molecule has 1 saturated heterocycles. The number of nitrogens with one attached hydrogen (secondary N) is 1. The monoisotopic (exact) mass is 271 g/mol. The van der Waals surface area contributed by atoms with Gasteiger partial charge in [-0.2, -0.15) is 5.26 Å². The van der Waals surface area contributed by atoms with Crippen LogP contribution in [0.5, 0.6) is 0 Å². The maximum absolute atomic E-state index is 12.5. The zero-order valence-corrected chi connectivity index (χ0v) is 11.9. The Morgan fingerprint density at radius 1 is 1.40 bits per heavy atom. The highest BCUT2D eigenvalue weighted by Gasteiger charge is 2.48. The molecule has 1 amide bonds. The van der Waals surface area contributed by atoms with E-state index in [0.29, 0.717) is 11.6 Å². The zero-order chi connectivity index (χ0) is 14.3. The van der Waals surface area contributed by atoms with Gasteiger partial charge in [-0.25, -0.2) is 0 Å². The first-order valence-electron chi connectivity index (χ1n) is 7.17. The molecule has 0 atom stereocenters. The molecule has 0 radical (unpaired) electrons. The van der Waals surface area contributed by atoms with Crippen LogP contribution in [0.3, 0.4) is 0 Å². The summed E-state index contributed by atoms with van der Waals surface area (Å²) in [4.78, 5) is 14.9. The van der Waals surface area contributed by atoms with Crippen LogP contribution < -0.4 is 5.32 Å². The molecule has 0 aliphatic carbocycles. The number of piperidine rings is 1. The summed E-state index contributed by atoms with van der Waals surface area (Å²) in [5, 5.41) is 12.1. The van der Waals surface area contributed by atoms with E-state index in [4.69, 9.17) is 5.26 Å². The Morgan fingerprint density at radius 3 is 2.70 bits per heavy atom. The molecule has 2 heterocycles. The third-order valence-corrected chi connectivity index (χ3v) is 4.73. The first kappa shape index (κ1) is 13.1. The molecule has 2 aliphatic heterocycles. The fourth-order valence-electron chi connectivity index (χ4n) is 3.40. The number of anilines is 1. The van der Waals surface area contributed by atoms with Gasteiger partial charge < -0.3 is 10.2 Å². The summed E-state index contributed by atoms with van der Waals surface area (Å²) in [6.45, 7) is 6.24. The van der Waals surface area contributed by atoms with Crippen LogP contribution in [0, 0.1) is 11.3 Å². The van der Waals surface area contributed by atoms with E-state index in [1.165, 1.54) is 0 Å². The summed E-state index contributed by atoms with van der Waals surface area (Å²) in [6.07, 6.45) is 1.66. The second kappa shape index (κ2) is 4.60. The summed E-state index contributed by atoms with van der Waals surface area (Å²) in [6, 6.07) is 8.20. The van der Waals surface area contributed by atoms with Crippen LogP contribution >= 0.6 is 0 Å². The Labute approximate surface area is 120 Å². The molecule has 2 aliphatic rings. The summed E-state index contributed by atoms with van der Waals surface area (Å²) >= 11 is 0. The number of likely N-dealkylation sites (tertiary alicyclic amines) is 1. The minimum Gasteiger partial charge on any atom is -0.325 e. The lowest BCUT2D eigenvalue weighted by molar-refractivity contribution is -0.122. The number of carbonyl (C=O) groups is 1. The Hall–Kier alpha value is -1.86. The van der Waals surface area contributed by atoms with Gasteiger partial charge in [-0.15, -0.1) is 0 Å². The van der Waals surface area contributed by atoms with E-state index >= 15 is 0 Å². The minimum absolute atomic E-state index is 0. The summed E-state index contributed by atoms with van der Waals surface area (Å²) in [7, 11) is 0. The predicted octanol–water partition coefficient (Wildman–Crippen LogP) is 2.50. The van der Waals surface area contributed by atoms with Crippen molar-refractivity contribution in [3.05, 3.63) is 29.3 Å². The van der Waals surface area contributed by atoms with E-state index in [1.54, 1.807) is 6.07 Å². The minimum atomic E-state index is -0.423. The van der Waals surface area contributed by atoms with Gasteiger partial charge in [0.1, 0.15) is 0 Å². The smallest absolute Gasteiger partial charge is 0.235 e. The summed E-state index contributed by atoms with van der Waals surface area (Å²) in [5.41, 5.74) is 2.11. The van der Waals surface area contributed by atoms with Crippen molar-refractivity contribution in [3.8, 4) is 6.07 Å². The predicted molar refractivity (Wildman–Crippen MR) is 79.5 cm³/mol. The molecule has 1 fully saturated rings. The Balaban J connectivity index is 0.00000161. The highest BCUT2D eigenvalue weighted by molar-refractivity contribution is 6.06. The van der Waals surface area contributed by atoms with Crippen molar-refractivity contribution in [3.63, 3.8) is 0 Å². The number of benzene rings is 1. The second-order valence-electron chi connectivity index (χ2n) is 6.04. The highest BCUT2D eigenvalue weighted by atomic mass is 16.2. The lowest BCUT2D eigenvalue weighted by atomic mass is 9.73. The molecule has 4 heteroatoms. The highest BCUT2D eigenvalue weighted by Crippen LogP contribution is 2.45. The van der Waals surface area contributed by atoms with E-state index in [9.17, 15) is 4.79 Å². The molecule has 1 spiro atoms. The van der Waals surface area contributed by atoms with Crippen molar-refractivity contribution in [2.24, 2.45) is 0 Å². The molecule has 3 rings (SSSR count). The lowest BCUT2D eigenvalue weighted by Gasteiger charge is -2.39. The maximum Gasteiger partial charge on any atom is 0.235 e. The SMILES string of the molecule is CC(C)N1CCC2(CC1)C(=O)Nc1ccc(C#N)cc12.[HH]. The second-order valence-corrected chi connectivity index (χ2v) is 6.04. The topological polar surface area (TPSA) is 56.1 Å². The van der Waals surface area contributed by atoms with Crippen molar-refractivity contribution < 1.29 is 6.22 Å². The molecule has 0 unspecified atom stereocenters. The molecule has 1 N–H and O–H groups in total. The van der Waals surface area contributed by atoms with Crippen LogP contribution in [0.2, 0.25) is 0 Å². The number of nitrogens with zero attached hydrogens (tertiary/aromatic N) is 2. The quantitative estimate of drug-likeness (QED) is 0.853. The van der Waals surface area contributed by atoms with Gasteiger partial charge in [0.15, 0.2) is 0 Å². The average molecular weight is 271 g/mol. The third kappa shape index (κ3) is 1.82. The lowest BCUT2D eigenvalue weighted by Crippen LogP contribution is -2.48. The molecular weight excluding hydrogens is 250 g/mol. The Bertz CT molecular complexity index is 598. The maximum atomic E-state index is 12.5. The van der Waals surface area contributed by atoms with Gasteiger partial charge in [0.2, 0.25) is 5.91 Å². The van der Waals surface area contributed by atoms with Crippen LogP contribution in [0.15, 0.2) is 18.2 Å². The van der Waals surface area contributed by atoms with Crippen LogP contribution in [0.4, 0.5) is 5.69 Å². The molecule has 106 valence electrons. The number of hydrogen-bond acceptors (Lipinski definition) is 3. The van der Waals surface area contributed by atoms with Crippen molar-refractivity contribution in [1.29, 1.82) is 5.26 Å². The molecule has 20 heavy (non-hydrogen) atoms. The van der Waals surface area contributed by atoms with Crippen molar-refractivity contribution in [2.75, 3.05) is 18.4 Å². The number of amides is 1. The van der Waals surface area contributed by atoms with Gasteiger partial charge in [-0.1, -0.05) is 0 Å². The molecule has 1 aromatic carbocycles. The van der Waals surface area contributed by atoms with Gasteiger partial charge >= 0.3 is 0 Å². The van der Waals surface area contributed by atoms with E-state index in [2.05, 4.69) is 30.1 Å². The molecule has 0 saturated carbocycles. The Kier molecular flexibility index (Phi) is 3.02. The molecular formula is C16H21N3O. The number of rotatable bonds is 1. The van der Waals surface area contributed by atoms with Crippen LogP contribution in [0.1, 0.15) is 39.2 Å². The van der Waals surface area contributed by atoms with Crippen molar-refractivity contribution in [2.45, 2.75) is 38.1 Å². The van der Waals surface area contributed by atoms with Crippen molar-refractivity contribution >= 4 is 11.6 Å². The zero-order valence-electron chi connectivity index (χ0n) is 11.9. The standard InChI is InChI=1S/C16H19N3O.H2/c1-11(2)19-7-5-16(6-8-19)13-9-12(10-17)3-4-14(13)18-15(16)20;/h3-4,9,11H,5-8H2,1-2H3,(H,18,20);1H. The van der Waals surface area contributed by atoms with Crippen LogP contribution in [-0.2, 0) is 10.2 Å². The van der Waals surface area contributed by atoms with Crippen LogP contribution in [-0.4, -0.2) is 29.9 Å². The molecule has 0 bridgehead atoms. The fraction of sp³-hybridized carbons (Fsp3) is 0.500. The molecule has 4 nitrogen and oxygen atoms in total. The summed E-state index contributed by atoms with van der Waals surface area (Å²) in [5.74, 6) is 0.103. The number of hydrogen-bond donors (Lipinski definition) is 1. The number of nitriles is 1. The van der Waals surface area contributed by atoms with Gasteiger partial charge in [0.25, 0.3) is 0 Å². The number of fused-ring (bicyclic) bond motifs is 2. The Morgan fingerprint density at radius 2 is 2.10 bits per heavy atom. The first-order chi connectivity index (χ1) is 9.56. The van der Waals surface area contributed by atoms with Gasteiger partial charge in [0, 0.05) is 13.2 Å². The third-order valence-electron chi connectivity index (χ3n) is 4.73. The van der Waals surface area contributed by atoms with E-state index < -0.39 is 5.41 Å². The van der Waals surface area contributed by atoms with Gasteiger partial charge in [0.05, 0.1) is 17.0 Å². The van der Waals surface area contributed by atoms with Crippen LogP contribution in [0.25, 0.3) is 0 Å². The van der Waals surface area contributed by atoms with E-state index in [1.807, 2.05) is 12.1 Å². The van der Waals surface area contributed by atoms with Gasteiger partial charge in [-0.3, -0.25) is 4.79 Å². The largest absolute Gasteiger partial charge is 0.325 e.